The Kier molecular flexibility index (Phi) is 6.13. The molecule has 1 fully saturated rings. The molecule has 0 N–H and O–H groups in total. The van der Waals surface area contributed by atoms with Gasteiger partial charge in [0.25, 0.3) is 0 Å². The summed E-state index contributed by atoms with van der Waals surface area (Å²) < 4.78 is 38.0. The monoisotopic (exact) mass is 411 g/mol. The molecule has 3 rings (SSSR count). The molecule has 1 aromatic carbocycles. The maximum Gasteiger partial charge on any atom is 0.417 e. The van der Waals surface area contributed by atoms with Crippen molar-refractivity contribution in [3.63, 3.8) is 0 Å². The minimum absolute atomic E-state index is 0.0694. The molecular weight excluding hydrogens is 391 g/mol. The van der Waals surface area contributed by atoms with Gasteiger partial charge >= 0.3 is 6.18 Å². The summed E-state index contributed by atoms with van der Waals surface area (Å²) in [6, 6.07) is 9.83. The van der Waals surface area contributed by atoms with Crippen molar-refractivity contribution in [1.29, 1.82) is 0 Å². The Morgan fingerprint density at radius 1 is 1.25 bits per heavy atom. The number of halogens is 4. The molecule has 2 aromatic rings. The average Bonchev–Trinajstić information content (AvgIpc) is 2.67. The molecule has 2 heterocycles. The number of piperidine rings is 1. The van der Waals surface area contributed by atoms with Crippen molar-refractivity contribution in [1.82, 2.24) is 9.88 Å². The van der Waals surface area contributed by atoms with E-state index in [1.54, 1.807) is 18.0 Å². The second-order valence-corrected chi connectivity index (χ2v) is 7.42. The zero-order valence-corrected chi connectivity index (χ0v) is 16.2. The highest BCUT2D eigenvalue weighted by Crippen LogP contribution is 2.30. The van der Waals surface area contributed by atoms with Crippen molar-refractivity contribution in [2.75, 3.05) is 25.0 Å². The molecule has 4 nitrogen and oxygen atoms in total. The lowest BCUT2D eigenvalue weighted by molar-refractivity contribution is -0.138. The zero-order valence-electron chi connectivity index (χ0n) is 15.4. The van der Waals surface area contributed by atoms with Gasteiger partial charge in [0.05, 0.1) is 5.56 Å². The van der Waals surface area contributed by atoms with E-state index in [-0.39, 0.29) is 11.8 Å². The Morgan fingerprint density at radius 3 is 2.54 bits per heavy atom. The summed E-state index contributed by atoms with van der Waals surface area (Å²) in [5.41, 5.74) is 0.207. The van der Waals surface area contributed by atoms with Crippen molar-refractivity contribution in [2.45, 2.75) is 25.6 Å². The standard InChI is InChI=1S/C20H21ClF3N3O/c1-26(13-14-3-2-4-17(21)11-14)19(28)15-7-9-27(10-8-15)18-6-5-16(12-25-18)20(22,23)24/h2-6,11-12,15H,7-10,13H2,1H3. The third kappa shape index (κ3) is 4.95. The van der Waals surface area contributed by atoms with Gasteiger partial charge in [0.1, 0.15) is 5.82 Å². The Hall–Kier alpha value is -2.28. The first-order chi connectivity index (χ1) is 13.2. The fraction of sp³-hybridized carbons (Fsp3) is 0.400. The quantitative estimate of drug-likeness (QED) is 0.736. The molecule has 1 amide bonds. The highest BCUT2D eigenvalue weighted by Gasteiger charge is 2.32. The van der Waals surface area contributed by atoms with Gasteiger partial charge in [-0.1, -0.05) is 23.7 Å². The Bertz CT molecular complexity index is 818. The summed E-state index contributed by atoms with van der Waals surface area (Å²) in [5, 5.41) is 0.635. The number of nitrogens with zero attached hydrogens (tertiary/aromatic N) is 3. The van der Waals surface area contributed by atoms with Crippen molar-refractivity contribution in [3.8, 4) is 0 Å². The minimum atomic E-state index is -4.39. The van der Waals surface area contributed by atoms with Crippen LogP contribution in [-0.4, -0.2) is 35.9 Å². The van der Waals surface area contributed by atoms with Crippen LogP contribution in [0.5, 0.6) is 0 Å². The normalized spacial score (nSPS) is 15.5. The smallest absolute Gasteiger partial charge is 0.357 e. The molecule has 1 saturated heterocycles. The molecule has 0 atom stereocenters. The molecule has 1 aliphatic rings. The van der Waals surface area contributed by atoms with Gasteiger partial charge in [0.15, 0.2) is 0 Å². The molecule has 0 radical (unpaired) electrons. The van der Waals surface area contributed by atoms with E-state index in [0.29, 0.717) is 43.3 Å². The molecule has 0 unspecified atom stereocenters. The lowest BCUT2D eigenvalue weighted by atomic mass is 9.95. The molecular formula is C20H21ClF3N3O. The summed E-state index contributed by atoms with van der Waals surface area (Å²) in [6.45, 7) is 1.65. The van der Waals surface area contributed by atoms with Crippen LogP contribution in [-0.2, 0) is 17.5 Å². The Balaban J connectivity index is 1.55. The van der Waals surface area contributed by atoms with Crippen molar-refractivity contribution in [2.24, 2.45) is 5.92 Å². The van der Waals surface area contributed by atoms with E-state index in [4.69, 9.17) is 11.6 Å². The fourth-order valence-electron chi connectivity index (χ4n) is 3.40. The molecule has 0 bridgehead atoms. The van der Waals surface area contributed by atoms with Crippen LogP contribution < -0.4 is 4.90 Å². The van der Waals surface area contributed by atoms with Crippen LogP contribution in [0.15, 0.2) is 42.6 Å². The third-order valence-corrected chi connectivity index (χ3v) is 5.16. The topological polar surface area (TPSA) is 36.4 Å². The predicted molar refractivity (Wildman–Crippen MR) is 102 cm³/mol. The van der Waals surface area contributed by atoms with Gasteiger partial charge < -0.3 is 9.80 Å². The number of carbonyl (C=O) groups excluding carboxylic acids is 1. The lowest BCUT2D eigenvalue weighted by Gasteiger charge is -2.34. The van der Waals surface area contributed by atoms with Crippen LogP contribution in [0.1, 0.15) is 24.0 Å². The summed E-state index contributed by atoms with van der Waals surface area (Å²) in [4.78, 5) is 20.3. The number of carbonyl (C=O) groups is 1. The molecule has 0 saturated carbocycles. The highest BCUT2D eigenvalue weighted by molar-refractivity contribution is 6.30. The Labute approximate surface area is 166 Å². The van der Waals surface area contributed by atoms with E-state index in [9.17, 15) is 18.0 Å². The van der Waals surface area contributed by atoms with Gasteiger partial charge in [0, 0.05) is 43.8 Å². The van der Waals surface area contributed by atoms with Crippen molar-refractivity contribution < 1.29 is 18.0 Å². The number of rotatable bonds is 4. The maximum absolute atomic E-state index is 12.7. The summed E-state index contributed by atoms with van der Waals surface area (Å²) >= 11 is 5.99. The lowest BCUT2D eigenvalue weighted by Crippen LogP contribution is -2.41. The number of aromatic nitrogens is 1. The second kappa shape index (κ2) is 8.39. The maximum atomic E-state index is 12.7. The molecule has 1 aromatic heterocycles. The Morgan fingerprint density at radius 2 is 1.96 bits per heavy atom. The van der Waals surface area contributed by atoms with Gasteiger partial charge in [-0.25, -0.2) is 4.98 Å². The number of benzene rings is 1. The summed E-state index contributed by atoms with van der Waals surface area (Å²) in [7, 11) is 1.77. The molecule has 8 heteroatoms. The number of pyridine rings is 1. The van der Waals surface area contributed by atoms with Gasteiger partial charge in [-0.3, -0.25) is 4.79 Å². The largest absolute Gasteiger partial charge is 0.417 e. The summed E-state index contributed by atoms with van der Waals surface area (Å²) in [6.07, 6.45) is -2.26. The molecule has 0 aliphatic carbocycles. The van der Waals surface area contributed by atoms with Gasteiger partial charge in [0.2, 0.25) is 5.91 Å². The molecule has 1 aliphatic heterocycles. The molecule has 0 spiro atoms. The number of hydrogen-bond acceptors (Lipinski definition) is 3. The number of hydrogen-bond donors (Lipinski definition) is 0. The molecule has 28 heavy (non-hydrogen) atoms. The van der Waals surface area contributed by atoms with E-state index >= 15 is 0 Å². The first-order valence-electron chi connectivity index (χ1n) is 9.01. The van der Waals surface area contributed by atoms with Crippen LogP contribution in [0.2, 0.25) is 5.02 Å². The van der Waals surface area contributed by atoms with Crippen molar-refractivity contribution in [3.05, 3.63) is 58.7 Å². The van der Waals surface area contributed by atoms with E-state index in [0.717, 1.165) is 17.8 Å². The van der Waals surface area contributed by atoms with Crippen LogP contribution >= 0.6 is 11.6 Å². The van der Waals surface area contributed by atoms with E-state index in [1.165, 1.54) is 6.07 Å². The van der Waals surface area contributed by atoms with Gasteiger partial charge in [-0.15, -0.1) is 0 Å². The SMILES string of the molecule is CN(Cc1cccc(Cl)c1)C(=O)C1CCN(c2ccc(C(F)(F)F)cn2)CC1. The first-order valence-corrected chi connectivity index (χ1v) is 9.39. The summed E-state index contributed by atoms with van der Waals surface area (Å²) in [5.74, 6) is 0.473. The predicted octanol–water partition coefficient (Wildman–Crippen LogP) is 4.63. The number of anilines is 1. The van der Waals surface area contributed by atoms with E-state index in [2.05, 4.69) is 4.98 Å². The minimum Gasteiger partial charge on any atom is -0.357 e. The zero-order chi connectivity index (χ0) is 20.3. The van der Waals surface area contributed by atoms with Gasteiger partial charge in [-0.2, -0.15) is 13.2 Å². The highest BCUT2D eigenvalue weighted by atomic mass is 35.5. The van der Waals surface area contributed by atoms with Crippen molar-refractivity contribution >= 4 is 23.3 Å². The number of amides is 1. The third-order valence-electron chi connectivity index (χ3n) is 4.93. The average molecular weight is 412 g/mol. The van der Waals surface area contributed by atoms with Gasteiger partial charge in [-0.05, 0) is 42.7 Å². The first kappa shape index (κ1) is 20.5. The second-order valence-electron chi connectivity index (χ2n) is 6.99. The van der Waals surface area contributed by atoms with E-state index in [1.807, 2.05) is 23.1 Å². The molecule has 150 valence electrons. The van der Waals surface area contributed by atoms with Crippen LogP contribution in [0.4, 0.5) is 19.0 Å². The number of alkyl halides is 3. The van der Waals surface area contributed by atoms with Crippen LogP contribution in [0.3, 0.4) is 0 Å². The van der Waals surface area contributed by atoms with Crippen LogP contribution in [0, 0.1) is 5.92 Å². The van der Waals surface area contributed by atoms with Crippen LogP contribution in [0.25, 0.3) is 0 Å². The fourth-order valence-corrected chi connectivity index (χ4v) is 3.61. The van der Waals surface area contributed by atoms with E-state index < -0.39 is 11.7 Å².